The average Bonchev–Trinajstić information content (AvgIpc) is 3.70. The molecule has 1 aromatic heterocycles. The molecule has 4 N–H and O–H groups in total. The number of pyridine rings is 1. The molecule has 3 aromatic rings. The Kier molecular flexibility index (Phi) is 7.58. The zero-order valence-corrected chi connectivity index (χ0v) is 24.1. The van der Waals surface area contributed by atoms with Crippen LogP contribution >= 0.6 is 0 Å². The van der Waals surface area contributed by atoms with E-state index in [1.165, 1.54) is 25.3 Å². The highest BCUT2D eigenvalue weighted by Crippen LogP contribution is 2.51. The number of halogens is 4. The van der Waals surface area contributed by atoms with Gasteiger partial charge >= 0.3 is 6.18 Å². The number of alkyl halides is 3. The van der Waals surface area contributed by atoms with Crippen LogP contribution in [0, 0.1) is 11.2 Å². The molecule has 1 saturated carbocycles. The number of nitrogens with two attached hydrogens (primary N) is 1. The number of hydrogen-bond acceptors (Lipinski definition) is 7. The van der Waals surface area contributed by atoms with Crippen molar-refractivity contribution in [3.63, 3.8) is 0 Å². The molecule has 8 nitrogen and oxygen atoms in total. The molecule has 1 aliphatic carbocycles. The van der Waals surface area contributed by atoms with Gasteiger partial charge < -0.3 is 30.4 Å². The highest BCUT2D eigenvalue weighted by atomic mass is 19.4. The standard InChI is InChI=1S/C31H33F4N3O5/c1-28(2,3)30(40,15-37-27(39)18-7-12-22(23(13-18)41-4)43-20-10-11-20)24-14-21-26(42-16-29(21,36)31(33,34)35)25(38-24)17-5-8-19(32)9-6-17/h5-9,12-14,20,40H,10-11,15-16,36H2,1-4H3,(H,37,39)/t29-,30?/m0/s1. The summed E-state index contributed by atoms with van der Waals surface area (Å²) >= 11 is 0. The number of hydrogen-bond donors (Lipinski definition) is 3. The summed E-state index contributed by atoms with van der Waals surface area (Å²) in [5.74, 6) is -0.470. The fourth-order valence-corrected chi connectivity index (χ4v) is 4.85. The largest absolute Gasteiger partial charge is 0.493 e. The maximum atomic E-state index is 14.3. The number of aromatic nitrogens is 1. The first-order valence-electron chi connectivity index (χ1n) is 13.7. The fourth-order valence-electron chi connectivity index (χ4n) is 4.85. The highest BCUT2D eigenvalue weighted by Gasteiger charge is 2.59. The molecule has 230 valence electrons. The molecule has 0 bridgehead atoms. The topological polar surface area (TPSA) is 116 Å². The maximum Gasteiger partial charge on any atom is 0.414 e. The number of aliphatic hydroxyl groups is 1. The zero-order valence-electron chi connectivity index (χ0n) is 24.1. The lowest BCUT2D eigenvalue weighted by Gasteiger charge is -2.40. The highest BCUT2D eigenvalue weighted by molar-refractivity contribution is 5.95. The van der Waals surface area contributed by atoms with Gasteiger partial charge in [0.1, 0.15) is 23.7 Å². The van der Waals surface area contributed by atoms with Crippen LogP contribution in [0.1, 0.15) is 55.2 Å². The zero-order chi connectivity index (χ0) is 31.4. The molecule has 2 aliphatic rings. The summed E-state index contributed by atoms with van der Waals surface area (Å²) in [6, 6.07) is 10.7. The summed E-state index contributed by atoms with van der Waals surface area (Å²) in [7, 11) is 1.45. The Morgan fingerprint density at radius 1 is 1.12 bits per heavy atom. The van der Waals surface area contributed by atoms with Gasteiger partial charge in [-0.2, -0.15) is 13.2 Å². The van der Waals surface area contributed by atoms with E-state index < -0.39 is 53.2 Å². The molecule has 1 unspecified atom stereocenters. The van der Waals surface area contributed by atoms with E-state index in [1.807, 2.05) is 0 Å². The summed E-state index contributed by atoms with van der Waals surface area (Å²) in [6.07, 6.45) is -2.91. The average molecular weight is 604 g/mol. The molecule has 43 heavy (non-hydrogen) atoms. The van der Waals surface area contributed by atoms with Gasteiger partial charge in [0.15, 0.2) is 22.8 Å². The molecule has 1 fully saturated rings. The van der Waals surface area contributed by atoms with Gasteiger partial charge in [-0.3, -0.25) is 4.79 Å². The molecule has 0 radical (unpaired) electrons. The number of ether oxygens (including phenoxy) is 3. The normalized spacial score (nSPS) is 19.7. The van der Waals surface area contributed by atoms with Crippen LogP contribution in [0.3, 0.4) is 0 Å². The lowest BCUT2D eigenvalue weighted by molar-refractivity contribution is -0.191. The van der Waals surface area contributed by atoms with E-state index in [0.717, 1.165) is 31.0 Å². The summed E-state index contributed by atoms with van der Waals surface area (Å²) < 4.78 is 73.1. The van der Waals surface area contributed by atoms with Gasteiger partial charge in [0.25, 0.3) is 5.91 Å². The van der Waals surface area contributed by atoms with E-state index in [4.69, 9.17) is 19.9 Å². The second-order valence-corrected chi connectivity index (χ2v) is 12.0. The lowest BCUT2D eigenvalue weighted by Crippen LogP contribution is -2.52. The van der Waals surface area contributed by atoms with E-state index in [0.29, 0.717) is 11.5 Å². The van der Waals surface area contributed by atoms with Crippen LogP contribution in [0.25, 0.3) is 11.3 Å². The number of methoxy groups -OCH3 is 1. The van der Waals surface area contributed by atoms with Crippen molar-refractivity contribution in [3.8, 4) is 28.5 Å². The fraction of sp³-hybridized carbons (Fsp3) is 0.419. The van der Waals surface area contributed by atoms with Crippen LogP contribution in [0.4, 0.5) is 17.6 Å². The molecule has 2 atom stereocenters. The third kappa shape index (κ3) is 5.61. The molecule has 0 saturated heterocycles. The van der Waals surface area contributed by atoms with Crippen LogP contribution < -0.4 is 25.3 Å². The summed E-state index contributed by atoms with van der Waals surface area (Å²) in [5.41, 5.74) is -0.216. The van der Waals surface area contributed by atoms with Crippen molar-refractivity contribution in [1.82, 2.24) is 10.3 Å². The van der Waals surface area contributed by atoms with Crippen LogP contribution in [0.2, 0.25) is 0 Å². The molecular weight excluding hydrogens is 570 g/mol. The van der Waals surface area contributed by atoms with Crippen molar-refractivity contribution < 1.29 is 41.7 Å². The number of fused-ring (bicyclic) bond motifs is 1. The Labute approximate surface area is 246 Å². The van der Waals surface area contributed by atoms with Gasteiger partial charge in [-0.25, -0.2) is 9.37 Å². The van der Waals surface area contributed by atoms with Gasteiger partial charge in [0.05, 0.1) is 25.5 Å². The van der Waals surface area contributed by atoms with Crippen molar-refractivity contribution in [2.24, 2.45) is 11.1 Å². The smallest absolute Gasteiger partial charge is 0.414 e. The number of nitrogens with one attached hydrogen (secondary N) is 1. The first-order chi connectivity index (χ1) is 20.1. The van der Waals surface area contributed by atoms with E-state index in [1.54, 1.807) is 32.9 Å². The van der Waals surface area contributed by atoms with Crippen LogP contribution in [0.5, 0.6) is 17.2 Å². The second-order valence-electron chi connectivity index (χ2n) is 12.0. The van der Waals surface area contributed by atoms with Gasteiger partial charge in [0, 0.05) is 16.7 Å². The van der Waals surface area contributed by atoms with Gasteiger partial charge in [-0.05, 0) is 66.8 Å². The SMILES string of the molecule is COc1cc(C(=O)NCC(O)(c2cc3c(c(-c4ccc(F)cc4)n2)OC[C@@]3(N)C(F)(F)F)C(C)(C)C)ccc1OC1CC1. The Bertz CT molecular complexity index is 1540. The van der Waals surface area contributed by atoms with Crippen molar-refractivity contribution in [1.29, 1.82) is 0 Å². The third-order valence-electron chi connectivity index (χ3n) is 7.93. The predicted octanol–water partition coefficient (Wildman–Crippen LogP) is 5.21. The molecule has 12 heteroatoms. The minimum absolute atomic E-state index is 0.0472. The number of carbonyl (C=O) groups is 1. The minimum Gasteiger partial charge on any atom is -0.493 e. The number of carbonyl (C=O) groups excluding carboxylic acids is 1. The lowest BCUT2D eigenvalue weighted by atomic mass is 9.73. The van der Waals surface area contributed by atoms with E-state index in [-0.39, 0.29) is 34.4 Å². The Hall–Kier alpha value is -3.90. The van der Waals surface area contributed by atoms with Gasteiger partial charge in [-0.15, -0.1) is 0 Å². The Balaban J connectivity index is 1.54. The molecule has 5 rings (SSSR count). The van der Waals surface area contributed by atoms with Crippen LogP contribution in [0.15, 0.2) is 48.5 Å². The number of benzene rings is 2. The van der Waals surface area contributed by atoms with Crippen molar-refractivity contribution >= 4 is 5.91 Å². The molecular formula is C31H33F4N3O5. The molecule has 1 amide bonds. The van der Waals surface area contributed by atoms with E-state index >= 15 is 0 Å². The Morgan fingerprint density at radius 2 is 1.79 bits per heavy atom. The van der Waals surface area contributed by atoms with E-state index in [9.17, 15) is 27.5 Å². The van der Waals surface area contributed by atoms with Crippen LogP contribution in [-0.4, -0.2) is 48.5 Å². The second kappa shape index (κ2) is 10.7. The van der Waals surface area contributed by atoms with E-state index in [2.05, 4.69) is 10.3 Å². The molecule has 2 aromatic carbocycles. The number of nitrogens with zero attached hydrogens (tertiary/aromatic N) is 1. The molecule has 0 spiro atoms. The number of rotatable bonds is 8. The molecule has 2 heterocycles. The summed E-state index contributed by atoms with van der Waals surface area (Å²) in [5, 5.41) is 14.8. The van der Waals surface area contributed by atoms with Gasteiger partial charge in [0.2, 0.25) is 0 Å². The monoisotopic (exact) mass is 603 g/mol. The summed E-state index contributed by atoms with van der Waals surface area (Å²) in [4.78, 5) is 17.8. The first-order valence-corrected chi connectivity index (χ1v) is 13.7. The number of amides is 1. The van der Waals surface area contributed by atoms with Crippen molar-refractivity contribution in [2.45, 2.75) is 57.0 Å². The van der Waals surface area contributed by atoms with Crippen molar-refractivity contribution in [3.05, 3.63) is 71.2 Å². The predicted molar refractivity (Wildman–Crippen MR) is 149 cm³/mol. The third-order valence-corrected chi connectivity index (χ3v) is 7.93. The first kappa shape index (κ1) is 30.6. The molecule has 1 aliphatic heterocycles. The van der Waals surface area contributed by atoms with Crippen LogP contribution in [-0.2, 0) is 11.1 Å². The quantitative estimate of drug-likeness (QED) is 0.303. The summed E-state index contributed by atoms with van der Waals surface area (Å²) in [6.45, 7) is 3.66. The maximum absolute atomic E-state index is 14.3. The Morgan fingerprint density at radius 3 is 2.37 bits per heavy atom. The minimum atomic E-state index is -4.90. The van der Waals surface area contributed by atoms with Gasteiger partial charge in [-0.1, -0.05) is 20.8 Å². The van der Waals surface area contributed by atoms with Crippen molar-refractivity contribution in [2.75, 3.05) is 20.3 Å².